The van der Waals surface area contributed by atoms with E-state index >= 15 is 0 Å². The first-order valence-electron chi connectivity index (χ1n) is 5.11. The van der Waals surface area contributed by atoms with Crippen LogP contribution >= 0.6 is 0 Å². The molecule has 0 aliphatic heterocycles. The third kappa shape index (κ3) is 1.39. The first-order chi connectivity index (χ1) is 6.77. The minimum absolute atomic E-state index is 0.284. The van der Waals surface area contributed by atoms with Crippen molar-refractivity contribution in [1.82, 2.24) is 4.98 Å². The number of aryl methyl sites for hydroxylation is 1. The molecule has 1 aromatic rings. The predicted molar refractivity (Wildman–Crippen MR) is 54.7 cm³/mol. The van der Waals surface area contributed by atoms with E-state index < -0.39 is 0 Å². The molecule has 0 spiro atoms. The monoisotopic (exact) mass is 186 g/mol. The highest BCUT2D eigenvalue weighted by Gasteiger charge is 2.36. The van der Waals surface area contributed by atoms with Crippen LogP contribution < -0.4 is 0 Å². The average molecular weight is 186 g/mol. The molecule has 1 saturated carbocycles. The van der Waals surface area contributed by atoms with Crippen molar-refractivity contribution in [2.75, 3.05) is 0 Å². The number of aromatic nitrogens is 1. The van der Waals surface area contributed by atoms with Crippen LogP contribution in [-0.2, 0) is 5.41 Å². The van der Waals surface area contributed by atoms with Gasteiger partial charge in [-0.15, -0.1) is 0 Å². The number of pyridine rings is 1. The number of hydrogen-bond acceptors (Lipinski definition) is 2. The van der Waals surface area contributed by atoms with Crippen molar-refractivity contribution in [3.05, 3.63) is 29.6 Å². The highest BCUT2D eigenvalue weighted by molar-refractivity contribution is 5.29. The molecule has 2 nitrogen and oxygen atoms in total. The predicted octanol–water partition coefficient (Wildman–Crippen LogP) is 2.73. The summed E-state index contributed by atoms with van der Waals surface area (Å²) in [5.74, 6) is 0. The zero-order valence-corrected chi connectivity index (χ0v) is 8.45. The van der Waals surface area contributed by atoms with E-state index in [2.05, 4.69) is 11.1 Å². The van der Waals surface area contributed by atoms with Crippen LogP contribution in [0, 0.1) is 18.3 Å². The maximum Gasteiger partial charge on any atom is 0.0993 e. The van der Waals surface area contributed by atoms with Crippen LogP contribution in [0.4, 0.5) is 0 Å². The molecule has 1 aliphatic carbocycles. The van der Waals surface area contributed by atoms with Gasteiger partial charge in [-0.1, -0.05) is 18.9 Å². The van der Waals surface area contributed by atoms with Crippen molar-refractivity contribution in [3.8, 4) is 6.07 Å². The van der Waals surface area contributed by atoms with Crippen LogP contribution in [0.3, 0.4) is 0 Å². The maximum absolute atomic E-state index is 9.25. The SMILES string of the molecule is Cc1ccc(C2(C#N)CCCC2)nc1. The molecule has 2 heteroatoms. The lowest BCUT2D eigenvalue weighted by atomic mass is 9.84. The maximum atomic E-state index is 9.25. The summed E-state index contributed by atoms with van der Waals surface area (Å²) in [5, 5.41) is 9.25. The Morgan fingerprint density at radius 2 is 2.07 bits per heavy atom. The van der Waals surface area contributed by atoms with Gasteiger partial charge in [-0.2, -0.15) is 5.26 Å². The third-order valence-electron chi connectivity index (χ3n) is 3.07. The summed E-state index contributed by atoms with van der Waals surface area (Å²) in [7, 11) is 0. The van der Waals surface area contributed by atoms with E-state index in [1.165, 1.54) is 0 Å². The molecule has 0 saturated heterocycles. The molecule has 0 atom stereocenters. The van der Waals surface area contributed by atoms with Gasteiger partial charge >= 0.3 is 0 Å². The standard InChI is InChI=1S/C12H14N2/c1-10-4-5-11(14-8-10)12(9-13)6-2-3-7-12/h4-5,8H,2-3,6-7H2,1H3. The van der Waals surface area contributed by atoms with Gasteiger partial charge in [0.15, 0.2) is 0 Å². The van der Waals surface area contributed by atoms with Crippen LogP contribution in [-0.4, -0.2) is 4.98 Å². The Balaban J connectivity index is 2.37. The van der Waals surface area contributed by atoms with E-state index in [1.54, 1.807) is 0 Å². The smallest absolute Gasteiger partial charge is 0.0993 e. The van der Waals surface area contributed by atoms with Crippen molar-refractivity contribution < 1.29 is 0 Å². The van der Waals surface area contributed by atoms with Crippen molar-refractivity contribution in [2.24, 2.45) is 0 Å². The highest BCUT2D eigenvalue weighted by Crippen LogP contribution is 2.39. The third-order valence-corrected chi connectivity index (χ3v) is 3.07. The van der Waals surface area contributed by atoms with E-state index in [0.717, 1.165) is 36.9 Å². The number of rotatable bonds is 1. The molecular formula is C12H14N2. The lowest BCUT2D eigenvalue weighted by Gasteiger charge is -2.19. The molecular weight excluding hydrogens is 172 g/mol. The van der Waals surface area contributed by atoms with Crippen LogP contribution in [0.5, 0.6) is 0 Å². The first-order valence-corrected chi connectivity index (χ1v) is 5.11. The molecule has 72 valence electrons. The highest BCUT2D eigenvalue weighted by atomic mass is 14.7. The second-order valence-electron chi connectivity index (χ2n) is 4.12. The van der Waals surface area contributed by atoms with Gasteiger partial charge in [0.2, 0.25) is 0 Å². The Morgan fingerprint density at radius 1 is 1.36 bits per heavy atom. The van der Waals surface area contributed by atoms with Crippen LogP contribution in [0.1, 0.15) is 36.9 Å². The largest absolute Gasteiger partial charge is 0.259 e. The second kappa shape index (κ2) is 3.42. The summed E-state index contributed by atoms with van der Waals surface area (Å²) < 4.78 is 0. The first kappa shape index (κ1) is 9.21. The minimum atomic E-state index is -0.284. The molecule has 1 fully saturated rings. The molecule has 14 heavy (non-hydrogen) atoms. The summed E-state index contributed by atoms with van der Waals surface area (Å²) in [4.78, 5) is 4.38. The molecule has 1 heterocycles. The van der Waals surface area contributed by atoms with Crippen LogP contribution in [0.15, 0.2) is 18.3 Å². The topological polar surface area (TPSA) is 36.7 Å². The fourth-order valence-corrected chi connectivity index (χ4v) is 2.15. The molecule has 0 aromatic carbocycles. The molecule has 0 amide bonds. The molecule has 1 aromatic heterocycles. The van der Waals surface area contributed by atoms with Gasteiger partial charge < -0.3 is 0 Å². The lowest BCUT2D eigenvalue weighted by Crippen LogP contribution is -2.20. The Hall–Kier alpha value is -1.36. The average Bonchev–Trinajstić information content (AvgIpc) is 2.68. The molecule has 0 unspecified atom stereocenters. The normalized spacial score (nSPS) is 19.1. The summed E-state index contributed by atoms with van der Waals surface area (Å²) in [6, 6.07) is 6.50. The Labute approximate surface area is 84.6 Å². The number of hydrogen-bond donors (Lipinski definition) is 0. The van der Waals surface area contributed by atoms with Crippen molar-refractivity contribution in [3.63, 3.8) is 0 Å². The summed E-state index contributed by atoms with van der Waals surface area (Å²) in [6.45, 7) is 2.02. The minimum Gasteiger partial charge on any atom is -0.259 e. The quantitative estimate of drug-likeness (QED) is 0.676. The summed E-state index contributed by atoms with van der Waals surface area (Å²) in [6.07, 6.45) is 6.11. The van der Waals surface area contributed by atoms with Gasteiger partial charge in [0.05, 0.1) is 17.2 Å². The van der Waals surface area contributed by atoms with E-state index in [9.17, 15) is 5.26 Å². The molecule has 0 radical (unpaired) electrons. The molecule has 0 bridgehead atoms. The number of nitriles is 1. The molecule has 2 rings (SSSR count). The van der Waals surface area contributed by atoms with Crippen molar-refractivity contribution in [1.29, 1.82) is 5.26 Å². The van der Waals surface area contributed by atoms with E-state index in [4.69, 9.17) is 0 Å². The molecule has 1 aliphatic rings. The van der Waals surface area contributed by atoms with Crippen LogP contribution in [0.2, 0.25) is 0 Å². The summed E-state index contributed by atoms with van der Waals surface area (Å²) in [5.41, 5.74) is 1.83. The van der Waals surface area contributed by atoms with Crippen molar-refractivity contribution >= 4 is 0 Å². The van der Waals surface area contributed by atoms with Gasteiger partial charge in [0, 0.05) is 6.20 Å². The Morgan fingerprint density at radius 3 is 2.57 bits per heavy atom. The Kier molecular flexibility index (Phi) is 2.25. The van der Waals surface area contributed by atoms with Gasteiger partial charge in [0.25, 0.3) is 0 Å². The van der Waals surface area contributed by atoms with Crippen molar-refractivity contribution in [2.45, 2.75) is 38.0 Å². The second-order valence-corrected chi connectivity index (χ2v) is 4.12. The zero-order valence-electron chi connectivity index (χ0n) is 8.45. The van der Waals surface area contributed by atoms with Gasteiger partial charge in [-0.3, -0.25) is 4.98 Å². The van der Waals surface area contributed by atoms with Gasteiger partial charge in [-0.25, -0.2) is 0 Å². The fraction of sp³-hybridized carbons (Fsp3) is 0.500. The van der Waals surface area contributed by atoms with E-state index in [0.29, 0.717) is 0 Å². The van der Waals surface area contributed by atoms with E-state index in [1.807, 2.05) is 25.3 Å². The Bertz CT molecular complexity index is 353. The number of nitrogens with zero attached hydrogens (tertiary/aromatic N) is 2. The molecule has 0 N–H and O–H groups in total. The van der Waals surface area contributed by atoms with Gasteiger partial charge in [0.1, 0.15) is 0 Å². The fourth-order valence-electron chi connectivity index (χ4n) is 2.15. The van der Waals surface area contributed by atoms with E-state index in [-0.39, 0.29) is 5.41 Å². The lowest BCUT2D eigenvalue weighted by molar-refractivity contribution is 0.554. The summed E-state index contributed by atoms with van der Waals surface area (Å²) >= 11 is 0. The zero-order chi connectivity index (χ0) is 10.0. The van der Waals surface area contributed by atoms with Gasteiger partial charge in [-0.05, 0) is 31.4 Å². The van der Waals surface area contributed by atoms with Crippen LogP contribution in [0.25, 0.3) is 0 Å².